The molecule has 5 saturated heterocycles. The van der Waals surface area contributed by atoms with Crippen LogP contribution in [0.5, 0.6) is 0 Å². The van der Waals surface area contributed by atoms with E-state index in [0.717, 1.165) is 205 Å². The van der Waals surface area contributed by atoms with Crippen LogP contribution in [-0.2, 0) is 21.3 Å². The van der Waals surface area contributed by atoms with Crippen LogP contribution in [0.2, 0.25) is 0 Å². The first kappa shape index (κ1) is 86.3. The van der Waals surface area contributed by atoms with Gasteiger partial charge < -0.3 is 73.9 Å². The zero-order valence-electron chi connectivity index (χ0n) is 73.4. The number of fused-ring (bicyclic) bond motifs is 4. The molecule has 33 nitrogen and oxygen atoms in total. The molecule has 17 heterocycles. The summed E-state index contributed by atoms with van der Waals surface area (Å²) < 4.78 is 17.9. The topological polar surface area (TPSA) is 433 Å². The fourth-order valence-corrected chi connectivity index (χ4v) is 17.5. The molecule has 4 aromatic carbocycles. The van der Waals surface area contributed by atoms with Crippen LogP contribution in [0.15, 0.2) is 214 Å². The van der Waals surface area contributed by atoms with Crippen LogP contribution < -0.4 is 44.2 Å². The van der Waals surface area contributed by atoms with Gasteiger partial charge in [0.2, 0.25) is 5.91 Å². The van der Waals surface area contributed by atoms with Gasteiger partial charge in [-0.25, -0.2) is 39.9 Å². The largest absolute Gasteiger partial charge is 0.391 e. The van der Waals surface area contributed by atoms with Crippen LogP contribution in [0.3, 0.4) is 0 Å². The lowest BCUT2D eigenvalue weighted by Gasteiger charge is -2.43. The van der Waals surface area contributed by atoms with Crippen molar-refractivity contribution in [2.24, 2.45) is 7.05 Å². The van der Waals surface area contributed by atoms with Gasteiger partial charge in [0.15, 0.2) is 5.82 Å². The van der Waals surface area contributed by atoms with Gasteiger partial charge in [-0.3, -0.25) is 33.3 Å². The number of hydrogen-bond donors (Lipinski definition) is 11. The number of nitrogens with two attached hydrogens (primary N) is 4. The fourth-order valence-electron chi connectivity index (χ4n) is 17.5. The monoisotopic (exact) mass is 1740 g/mol. The number of likely N-dealkylation sites (tertiary alicyclic amines) is 3. The molecule has 0 spiro atoms. The number of piperidine rings is 2. The number of aliphatic hydroxyl groups excluding tert-OH is 3. The molecule has 5 aliphatic rings. The number of ether oxygens (including phenoxy) is 2. The molecule has 5 fully saturated rings. The first-order valence-electron chi connectivity index (χ1n) is 43.7. The molecule has 0 aliphatic carbocycles. The molecule has 12 aromatic heterocycles. The van der Waals surface area contributed by atoms with Crippen LogP contribution in [-0.4, -0.2) is 205 Å². The Kier molecular flexibility index (Phi) is 24.9. The number of nitrogens with one attached hydrogen (secondary N) is 4. The number of aryl methyl sites for hydroxylation is 5. The number of pyridine rings is 8. The molecule has 130 heavy (non-hydrogen) atoms. The quantitative estimate of drug-likeness (QED) is 0.0380. The summed E-state index contributed by atoms with van der Waals surface area (Å²) in [5.74, 6) is 5.28. The zero-order valence-corrected chi connectivity index (χ0v) is 73.4. The number of amides is 1. The molecule has 2 unspecified atom stereocenters. The molecule has 0 radical (unpaired) electrons. The highest BCUT2D eigenvalue weighted by atomic mass is 16.5. The SMILES string of the molecule is CC(=O)N1CCC(n2cc(Nc3cc4cc(-c5ccccc5C)nc(N)c4cn3)cn2)C1.Cc1ccccc1-c1cc2cc(Nc3cc(C(C)O)n(C)n3)ncc2c(N)n1.Cc1ccccc1-c1cc2cc(Nc3cnn([C@H]4CCN(C5COC5)C[C@@H]4O)c3)ncc2c(N)n1.Cc1ccccc1-c1cc2cc(Nc3cnn([C@H]4CN(C5COC5)CC[C@@H]4O)c3)ncc2c(N)n1. The van der Waals surface area contributed by atoms with E-state index >= 15 is 0 Å². The Hall–Kier alpha value is -14.5. The maximum Gasteiger partial charge on any atom is 0.219 e. The van der Waals surface area contributed by atoms with E-state index in [0.29, 0.717) is 77.5 Å². The van der Waals surface area contributed by atoms with E-state index < -0.39 is 18.3 Å². The first-order valence-corrected chi connectivity index (χ1v) is 43.7. The minimum atomic E-state index is -0.597. The second-order valence-electron chi connectivity index (χ2n) is 34.0. The number of rotatable bonds is 18. The van der Waals surface area contributed by atoms with Crippen molar-refractivity contribution >= 4 is 118 Å². The number of nitrogens with zero attached hydrogens (tertiary/aromatic N) is 19. The summed E-state index contributed by atoms with van der Waals surface area (Å²) in [6.07, 6.45) is 19.1. The van der Waals surface area contributed by atoms with Gasteiger partial charge in [-0.15, -0.1) is 0 Å². The number of aromatic nitrogens is 16. The first-order chi connectivity index (χ1) is 63.0. The number of carbonyl (C=O) groups is 1. The van der Waals surface area contributed by atoms with Crippen LogP contribution in [0.1, 0.15) is 85.3 Å². The molecule has 1 amide bonds. The molecule has 5 aliphatic heterocycles. The summed E-state index contributed by atoms with van der Waals surface area (Å²) >= 11 is 0. The number of nitrogen functional groups attached to an aromatic ring is 4. The van der Waals surface area contributed by atoms with Crippen molar-refractivity contribution in [2.75, 3.05) is 110 Å². The van der Waals surface area contributed by atoms with Gasteiger partial charge in [0.25, 0.3) is 0 Å². The van der Waals surface area contributed by atoms with E-state index in [1.54, 1.807) is 75.0 Å². The average molecular weight is 1750 g/mol. The van der Waals surface area contributed by atoms with Crippen LogP contribution in [0.4, 0.5) is 69.4 Å². The van der Waals surface area contributed by atoms with E-state index in [4.69, 9.17) is 32.4 Å². The highest BCUT2D eigenvalue weighted by molar-refractivity contribution is 5.98. The summed E-state index contributed by atoms with van der Waals surface area (Å²) in [6, 6.07) is 51.2. The summed E-state index contributed by atoms with van der Waals surface area (Å²) in [6.45, 7) is 19.3. The smallest absolute Gasteiger partial charge is 0.219 e. The van der Waals surface area contributed by atoms with Crippen molar-refractivity contribution in [2.45, 2.75) is 109 Å². The van der Waals surface area contributed by atoms with E-state index in [2.05, 4.69) is 155 Å². The Bertz CT molecular complexity index is 6820. The highest BCUT2D eigenvalue weighted by Crippen LogP contribution is 2.38. The number of benzene rings is 4. The lowest BCUT2D eigenvalue weighted by Crippen LogP contribution is -2.55. The van der Waals surface area contributed by atoms with Crippen molar-refractivity contribution in [3.63, 3.8) is 0 Å². The van der Waals surface area contributed by atoms with Crippen molar-refractivity contribution in [3.8, 4) is 45.0 Å². The maximum atomic E-state index is 11.6. The van der Waals surface area contributed by atoms with Gasteiger partial charge in [-0.05, 0) is 146 Å². The van der Waals surface area contributed by atoms with Crippen molar-refractivity contribution in [1.29, 1.82) is 0 Å². The number of β-amino-alcohol motifs (C(OH)–C–C–N with tert-alkyl or cyclic N) is 1. The van der Waals surface area contributed by atoms with E-state index in [1.165, 1.54) is 0 Å². The summed E-state index contributed by atoms with van der Waals surface area (Å²) in [7, 11) is 1.79. The fraction of sp³-hybridized carbons (Fsp3) is 0.289. The average Bonchev–Trinajstić information content (AvgIpc) is 0.991. The lowest BCUT2D eigenvalue weighted by atomic mass is 10.00. The molecular weight excluding hydrogens is 1640 g/mol. The van der Waals surface area contributed by atoms with Crippen molar-refractivity contribution in [3.05, 3.63) is 242 Å². The van der Waals surface area contributed by atoms with Gasteiger partial charge in [-0.2, -0.15) is 20.4 Å². The normalized spacial score (nSPS) is 18.0. The highest BCUT2D eigenvalue weighted by Gasteiger charge is 2.38. The molecule has 15 N–H and O–H groups in total. The Labute approximate surface area is 750 Å². The third-order valence-electron chi connectivity index (χ3n) is 25.0. The number of hydrogen-bond acceptors (Lipinski definition) is 28. The Morgan fingerprint density at radius 3 is 1.15 bits per heavy atom. The maximum absolute atomic E-state index is 11.6. The minimum Gasteiger partial charge on any atom is -0.391 e. The summed E-state index contributed by atoms with van der Waals surface area (Å²) in [5.41, 5.74) is 40.3. The molecule has 0 bridgehead atoms. The summed E-state index contributed by atoms with van der Waals surface area (Å²) in [5, 5.41) is 69.4. The van der Waals surface area contributed by atoms with Crippen LogP contribution in [0.25, 0.3) is 88.1 Å². The van der Waals surface area contributed by atoms with Gasteiger partial charge in [0, 0.05) is 146 Å². The van der Waals surface area contributed by atoms with Crippen LogP contribution >= 0.6 is 0 Å². The lowest BCUT2D eigenvalue weighted by molar-refractivity contribution is -0.127. The van der Waals surface area contributed by atoms with Gasteiger partial charge >= 0.3 is 0 Å². The van der Waals surface area contributed by atoms with Crippen LogP contribution in [0, 0.1) is 27.7 Å². The molecule has 6 atom stereocenters. The Morgan fingerprint density at radius 1 is 0.423 bits per heavy atom. The minimum absolute atomic E-state index is 0.0464. The van der Waals surface area contributed by atoms with E-state index in [-0.39, 0.29) is 24.0 Å². The number of aliphatic hydroxyl groups is 3. The number of anilines is 12. The van der Waals surface area contributed by atoms with E-state index in [1.807, 2.05) is 147 Å². The zero-order chi connectivity index (χ0) is 90.0. The van der Waals surface area contributed by atoms with Gasteiger partial charge in [0.05, 0.1) is 139 Å². The van der Waals surface area contributed by atoms with E-state index in [9.17, 15) is 20.1 Å². The molecule has 0 saturated carbocycles. The second kappa shape index (κ2) is 37.5. The molecule has 33 heteroatoms. The van der Waals surface area contributed by atoms with Crippen molar-refractivity contribution < 1.29 is 29.6 Å². The molecule has 16 aromatic rings. The molecule has 664 valence electrons. The second-order valence-corrected chi connectivity index (χ2v) is 34.0. The molecular formula is C97H105N27O6. The van der Waals surface area contributed by atoms with Crippen molar-refractivity contribution in [1.82, 2.24) is 93.7 Å². The molecule has 21 rings (SSSR count). The predicted octanol–water partition coefficient (Wildman–Crippen LogP) is 13.9. The third-order valence-corrected chi connectivity index (χ3v) is 25.0. The third kappa shape index (κ3) is 18.9. The number of carbonyl (C=O) groups excluding carboxylic acids is 1. The Balaban J connectivity index is 0.000000117. The van der Waals surface area contributed by atoms with Gasteiger partial charge in [0.1, 0.15) is 46.5 Å². The predicted molar refractivity (Wildman–Crippen MR) is 508 cm³/mol. The standard InChI is InChI=1S/2C26H29N7O2.C24H25N7O.C21H22N6O/c1-16-4-2-3-5-20(16)22-8-17-9-25(28-11-21(17)26(27)31-22)30-18-10-29-33(12-18)23-13-32(7-6-24(23)34)19-14-35-15-19;1-16-4-2-3-5-20(16)22-8-17-9-25(28-11-21(17)26(27)31-22)30-18-10-29-33(12-18)23-6-7-32(13-24(23)34)19-14-35-15-19;1-15-5-3-4-6-20(15)22-9-17-10-23(26-12-21(17)24(25)29-22)28-18-11-27-31(13-18)19-7-8-30(14-19)16(2)32;1-12-6-4-5-7-15(12)17-8-14-9-19(23-11-16(14)21(22)24-17)25-20-10-18(13(2)28)27(3)26-20/h2*2-5,8-12,19,23-24,34H,6-7,13-15H2,1H3,(H2,27,31)(H,28,30);3-6,9-13,19H,7-8,14H2,1-2H3,(H2,25,29)(H,26,28);4-11,13,28H,1-3H3,(H2,22,24)(H,23,25,26)/t2*23-,24-;;/m00../s1. The summed E-state index contributed by atoms with van der Waals surface area (Å²) in [4.78, 5) is 54.5. The Morgan fingerprint density at radius 2 is 0.792 bits per heavy atom. The van der Waals surface area contributed by atoms with Gasteiger partial charge in [-0.1, -0.05) is 97.1 Å².